The van der Waals surface area contributed by atoms with Crippen LogP contribution in [0.2, 0.25) is 5.02 Å². The zero-order valence-electron chi connectivity index (χ0n) is 29.0. The number of imidazole rings is 1. The summed E-state index contributed by atoms with van der Waals surface area (Å²) in [6.45, 7) is 6.42. The van der Waals surface area contributed by atoms with E-state index in [9.17, 15) is 9.59 Å². The fourth-order valence-corrected chi connectivity index (χ4v) is 7.46. The fourth-order valence-electron chi connectivity index (χ4n) is 7.07. The number of ether oxygens (including phenoxy) is 1. The lowest BCUT2D eigenvalue weighted by Gasteiger charge is -2.27. The summed E-state index contributed by atoms with van der Waals surface area (Å²) in [6, 6.07) is 9.89. The van der Waals surface area contributed by atoms with E-state index in [2.05, 4.69) is 16.7 Å². The van der Waals surface area contributed by atoms with Gasteiger partial charge in [0.05, 0.1) is 27.9 Å². The van der Waals surface area contributed by atoms with Gasteiger partial charge in [0.2, 0.25) is 11.7 Å². The fraction of sp³-hybridized carbons (Fsp3) is 0.359. The number of hydrogen-bond donors (Lipinski definition) is 2. The molecule has 0 radical (unpaired) electrons. The Labute approximate surface area is 295 Å². The van der Waals surface area contributed by atoms with E-state index in [-0.39, 0.29) is 11.3 Å². The molecule has 11 heteroatoms. The van der Waals surface area contributed by atoms with Crippen LogP contribution >= 0.6 is 11.6 Å². The summed E-state index contributed by atoms with van der Waals surface area (Å²) in [6.07, 6.45) is 10.3. The summed E-state index contributed by atoms with van der Waals surface area (Å²) in [5, 5.41) is 6.18. The van der Waals surface area contributed by atoms with Gasteiger partial charge in [-0.05, 0) is 87.4 Å². The van der Waals surface area contributed by atoms with Crippen molar-refractivity contribution in [2.75, 3.05) is 19.0 Å². The standard InChI is InChI=1S/C39H42ClF2N5O3/c1-6-9-24-21-32(47-17-8-10-28(38(24)47)34-22(2)18-31-37(35(34)40)44-23(3)46(31)4)39(49)25-19-29(41)36(30(42)20-25)45-33(48)11-7-16-43-26-12-14-27(50-5)15-13-26/h7-8,10-11,17-21,26-27,43H,6,9,12-16H2,1-5H3,(H,45,48)/b11-7+. The molecule has 262 valence electrons. The van der Waals surface area contributed by atoms with Crippen molar-refractivity contribution in [1.29, 1.82) is 0 Å². The predicted octanol–water partition coefficient (Wildman–Crippen LogP) is 8.27. The van der Waals surface area contributed by atoms with Gasteiger partial charge in [0, 0.05) is 55.7 Å². The van der Waals surface area contributed by atoms with Gasteiger partial charge in [0.15, 0.2) is 0 Å². The van der Waals surface area contributed by atoms with Crippen molar-refractivity contribution < 1.29 is 23.1 Å². The number of pyridine rings is 1. The van der Waals surface area contributed by atoms with Crippen molar-refractivity contribution in [1.82, 2.24) is 19.3 Å². The molecular weight excluding hydrogens is 660 g/mol. The van der Waals surface area contributed by atoms with Gasteiger partial charge in [0.25, 0.3) is 0 Å². The van der Waals surface area contributed by atoms with Crippen LogP contribution in [0.25, 0.3) is 27.7 Å². The van der Waals surface area contributed by atoms with Crippen LogP contribution in [0.15, 0.2) is 54.7 Å². The van der Waals surface area contributed by atoms with Crippen LogP contribution in [0.1, 0.15) is 72.0 Å². The van der Waals surface area contributed by atoms with E-state index in [1.54, 1.807) is 29.8 Å². The highest BCUT2D eigenvalue weighted by Crippen LogP contribution is 2.41. The van der Waals surface area contributed by atoms with Crippen molar-refractivity contribution in [2.24, 2.45) is 7.05 Å². The van der Waals surface area contributed by atoms with E-state index >= 15 is 8.78 Å². The van der Waals surface area contributed by atoms with Crippen LogP contribution in [0, 0.1) is 25.5 Å². The van der Waals surface area contributed by atoms with E-state index in [0.717, 1.165) is 83.3 Å². The normalized spacial score (nSPS) is 16.6. The summed E-state index contributed by atoms with van der Waals surface area (Å²) in [5.41, 5.74) is 5.40. The first-order valence-corrected chi connectivity index (χ1v) is 17.4. The lowest BCUT2D eigenvalue weighted by atomic mass is 9.93. The molecule has 1 saturated carbocycles. The van der Waals surface area contributed by atoms with Crippen molar-refractivity contribution in [3.8, 4) is 11.1 Å². The van der Waals surface area contributed by atoms with Crippen molar-refractivity contribution >= 4 is 45.5 Å². The van der Waals surface area contributed by atoms with Gasteiger partial charge < -0.3 is 24.3 Å². The van der Waals surface area contributed by atoms with Gasteiger partial charge >= 0.3 is 0 Å². The third-order valence-corrected chi connectivity index (χ3v) is 10.1. The van der Waals surface area contributed by atoms with Gasteiger partial charge in [-0.15, -0.1) is 0 Å². The zero-order chi connectivity index (χ0) is 35.7. The molecule has 2 N–H and O–H groups in total. The number of carbonyl (C=O) groups is 2. The Hall–Kier alpha value is -4.38. The lowest BCUT2D eigenvalue weighted by Crippen LogP contribution is -2.35. The van der Waals surface area contributed by atoms with Crippen LogP contribution in [0.3, 0.4) is 0 Å². The number of nitrogens with one attached hydrogen (secondary N) is 2. The maximum Gasteiger partial charge on any atom is 0.248 e. The SMILES string of the molecule is CCCc1cc(C(=O)c2cc(F)c(NC(=O)/C=C/CNC3CCC(OC)CC3)c(F)c2)n2cccc(-c3c(C)cc4c(nc(C)n4C)c3Cl)c12. The minimum atomic E-state index is -1.04. The molecular formula is C39H42ClF2N5O3. The first-order valence-electron chi connectivity index (χ1n) is 17.0. The molecule has 0 spiro atoms. The minimum absolute atomic E-state index is 0.173. The molecule has 2 aromatic carbocycles. The Balaban J connectivity index is 1.26. The third-order valence-electron chi connectivity index (χ3n) is 9.78. The van der Waals surface area contributed by atoms with E-state index in [4.69, 9.17) is 21.3 Å². The summed E-state index contributed by atoms with van der Waals surface area (Å²) in [4.78, 5) is 31.2. The van der Waals surface area contributed by atoms with E-state index in [1.807, 2.05) is 44.5 Å². The highest BCUT2D eigenvalue weighted by molar-refractivity contribution is 6.38. The van der Waals surface area contributed by atoms with Crippen LogP contribution < -0.4 is 10.6 Å². The topological polar surface area (TPSA) is 89.7 Å². The van der Waals surface area contributed by atoms with Gasteiger partial charge in [-0.2, -0.15) is 0 Å². The van der Waals surface area contributed by atoms with E-state index in [1.165, 1.54) is 6.08 Å². The Morgan fingerprint density at radius 1 is 1.10 bits per heavy atom. The number of nitrogens with zero attached hydrogens (tertiary/aromatic N) is 3. The lowest BCUT2D eigenvalue weighted by molar-refractivity contribution is -0.112. The minimum Gasteiger partial charge on any atom is -0.381 e. The Morgan fingerprint density at radius 3 is 2.50 bits per heavy atom. The van der Waals surface area contributed by atoms with Crippen molar-refractivity contribution in [2.45, 2.75) is 71.4 Å². The molecule has 1 fully saturated rings. The zero-order valence-corrected chi connectivity index (χ0v) is 29.8. The highest BCUT2D eigenvalue weighted by atomic mass is 35.5. The molecule has 0 unspecified atom stereocenters. The number of fused-ring (bicyclic) bond motifs is 2. The number of aryl methyl sites for hydroxylation is 4. The van der Waals surface area contributed by atoms with Gasteiger partial charge in [-0.1, -0.05) is 37.1 Å². The molecule has 3 aromatic heterocycles. The van der Waals surface area contributed by atoms with Crippen LogP contribution in [0.4, 0.5) is 14.5 Å². The first-order chi connectivity index (χ1) is 24.0. The number of benzene rings is 2. The number of carbonyl (C=O) groups excluding carboxylic acids is 2. The number of amides is 1. The number of anilines is 1. The molecule has 1 amide bonds. The average molecular weight is 702 g/mol. The van der Waals surface area contributed by atoms with Crippen LogP contribution in [-0.2, 0) is 23.0 Å². The maximum atomic E-state index is 15.3. The molecule has 0 bridgehead atoms. The number of rotatable bonds is 11. The molecule has 5 aromatic rings. The molecule has 1 aliphatic rings. The number of aromatic nitrogens is 3. The number of ketones is 1. The van der Waals surface area contributed by atoms with Crippen LogP contribution in [0.5, 0.6) is 0 Å². The third kappa shape index (κ3) is 6.84. The molecule has 3 heterocycles. The number of methoxy groups -OCH3 is 1. The molecule has 0 saturated heterocycles. The first kappa shape index (κ1) is 35.4. The number of halogens is 3. The molecule has 8 nitrogen and oxygen atoms in total. The molecule has 50 heavy (non-hydrogen) atoms. The highest BCUT2D eigenvalue weighted by Gasteiger charge is 2.25. The summed E-state index contributed by atoms with van der Waals surface area (Å²) in [7, 11) is 3.67. The molecule has 0 atom stereocenters. The van der Waals surface area contributed by atoms with E-state index < -0.39 is 29.0 Å². The second-order valence-corrected chi connectivity index (χ2v) is 13.4. The smallest absolute Gasteiger partial charge is 0.248 e. The van der Waals surface area contributed by atoms with Gasteiger partial charge in [-0.25, -0.2) is 13.8 Å². The van der Waals surface area contributed by atoms with Gasteiger partial charge in [0.1, 0.15) is 28.7 Å². The van der Waals surface area contributed by atoms with Gasteiger partial charge in [-0.3, -0.25) is 9.59 Å². The van der Waals surface area contributed by atoms with Crippen molar-refractivity contribution in [3.63, 3.8) is 0 Å². The summed E-state index contributed by atoms with van der Waals surface area (Å²) in [5.74, 6) is -2.47. The van der Waals surface area contributed by atoms with Crippen LogP contribution in [-0.4, -0.2) is 51.4 Å². The summed E-state index contributed by atoms with van der Waals surface area (Å²) >= 11 is 7.05. The van der Waals surface area contributed by atoms with E-state index in [0.29, 0.717) is 35.7 Å². The maximum absolute atomic E-state index is 15.3. The largest absolute Gasteiger partial charge is 0.381 e. The second kappa shape index (κ2) is 14.8. The number of hydrogen-bond acceptors (Lipinski definition) is 5. The molecule has 1 aliphatic carbocycles. The van der Waals surface area contributed by atoms with Crippen molar-refractivity contribution in [3.05, 3.63) is 99.6 Å². The molecule has 6 rings (SSSR count). The Kier molecular flexibility index (Phi) is 10.5. The monoisotopic (exact) mass is 701 g/mol. The Bertz CT molecular complexity index is 2100. The quantitative estimate of drug-likeness (QED) is 0.107. The molecule has 0 aliphatic heterocycles. The second-order valence-electron chi connectivity index (χ2n) is 13.1. The predicted molar refractivity (Wildman–Crippen MR) is 194 cm³/mol. The Morgan fingerprint density at radius 2 is 1.82 bits per heavy atom. The summed E-state index contributed by atoms with van der Waals surface area (Å²) < 4.78 is 39.8. The average Bonchev–Trinajstić information content (AvgIpc) is 3.61.